The molecule has 2 rings (SSSR count). The topological polar surface area (TPSA) is 26.0 Å². The first-order chi connectivity index (χ1) is 8.61. The summed E-state index contributed by atoms with van der Waals surface area (Å²) in [4.78, 5) is 0. The van der Waals surface area contributed by atoms with Gasteiger partial charge < -0.3 is 5.73 Å². The van der Waals surface area contributed by atoms with Crippen molar-refractivity contribution in [1.29, 1.82) is 0 Å². The molecule has 0 heterocycles. The zero-order valence-corrected chi connectivity index (χ0v) is 13.7. The molecule has 3 heteroatoms. The zero-order valence-electron chi connectivity index (χ0n) is 10.8. The van der Waals surface area contributed by atoms with Crippen molar-refractivity contribution in [2.75, 3.05) is 0 Å². The van der Waals surface area contributed by atoms with Crippen LogP contribution in [-0.2, 0) is 0 Å². The number of nitrogens with two attached hydrogens (primary N) is 1. The first-order valence-electron chi connectivity index (χ1n) is 6.82. The molecule has 1 fully saturated rings. The average molecular weight is 378 g/mol. The van der Waals surface area contributed by atoms with E-state index >= 15 is 0 Å². The Morgan fingerprint density at radius 3 is 2.94 bits per heavy atom. The summed E-state index contributed by atoms with van der Waals surface area (Å²) < 4.78 is 1.24. The molecule has 1 aromatic rings. The molecule has 1 saturated carbocycles. The number of hydrogen-bond acceptors (Lipinski definition) is 1. The largest absolute Gasteiger partial charge is 0.324 e. The van der Waals surface area contributed by atoms with E-state index in [1.165, 1.54) is 41.2 Å². The predicted octanol–water partition coefficient (Wildman–Crippen LogP) is 5.16. The van der Waals surface area contributed by atoms with Gasteiger partial charge in [0.15, 0.2) is 0 Å². The van der Waals surface area contributed by atoms with Crippen LogP contribution in [0.3, 0.4) is 0 Å². The summed E-state index contributed by atoms with van der Waals surface area (Å²) in [5.41, 5.74) is 7.72. The first-order valence-corrected chi connectivity index (χ1v) is 8.28. The maximum absolute atomic E-state index is 6.49. The highest BCUT2D eigenvalue weighted by atomic mass is 127. The molecule has 0 bridgehead atoms. The molecular formula is C15H21ClIN. The van der Waals surface area contributed by atoms with E-state index in [9.17, 15) is 0 Å². The number of benzene rings is 1. The second-order valence-electron chi connectivity index (χ2n) is 5.39. The van der Waals surface area contributed by atoms with E-state index in [2.05, 4.69) is 35.6 Å². The Kier molecular flexibility index (Phi) is 5.34. The Bertz CT molecular complexity index is 407. The molecule has 1 aliphatic carbocycles. The molecule has 3 atom stereocenters. The Morgan fingerprint density at radius 1 is 1.44 bits per heavy atom. The lowest BCUT2D eigenvalue weighted by molar-refractivity contribution is 0.230. The molecule has 0 aliphatic heterocycles. The highest BCUT2D eigenvalue weighted by molar-refractivity contribution is 14.1. The zero-order chi connectivity index (χ0) is 13.1. The van der Waals surface area contributed by atoms with E-state index in [0.29, 0.717) is 5.92 Å². The number of hydrogen-bond donors (Lipinski definition) is 1. The van der Waals surface area contributed by atoms with Crippen LogP contribution in [0.15, 0.2) is 18.2 Å². The van der Waals surface area contributed by atoms with Crippen molar-refractivity contribution in [2.24, 2.45) is 17.6 Å². The van der Waals surface area contributed by atoms with E-state index in [4.69, 9.17) is 17.3 Å². The summed E-state index contributed by atoms with van der Waals surface area (Å²) in [6.07, 6.45) is 6.54. The average Bonchev–Trinajstić information content (AvgIpc) is 2.41. The summed E-state index contributed by atoms with van der Waals surface area (Å²) in [6, 6.07) is 6.20. The fourth-order valence-corrected chi connectivity index (χ4v) is 3.93. The molecule has 1 aliphatic rings. The van der Waals surface area contributed by atoms with E-state index in [0.717, 1.165) is 10.9 Å². The lowest BCUT2D eigenvalue weighted by Crippen LogP contribution is -2.27. The van der Waals surface area contributed by atoms with Crippen LogP contribution in [0.5, 0.6) is 0 Å². The second-order valence-corrected chi connectivity index (χ2v) is 6.99. The summed E-state index contributed by atoms with van der Waals surface area (Å²) >= 11 is 8.46. The number of halogens is 2. The highest BCUT2D eigenvalue weighted by Gasteiger charge is 2.27. The molecule has 0 saturated heterocycles. The van der Waals surface area contributed by atoms with Gasteiger partial charge in [0.25, 0.3) is 0 Å². The molecule has 1 nitrogen and oxygen atoms in total. The maximum atomic E-state index is 6.49. The third-order valence-electron chi connectivity index (χ3n) is 4.23. The minimum Gasteiger partial charge on any atom is -0.324 e. The van der Waals surface area contributed by atoms with Gasteiger partial charge in [-0.15, -0.1) is 0 Å². The van der Waals surface area contributed by atoms with Crippen molar-refractivity contribution in [3.05, 3.63) is 32.4 Å². The normalized spacial score (nSPS) is 26.0. The Hall–Kier alpha value is 0.200. The molecule has 18 heavy (non-hydrogen) atoms. The highest BCUT2D eigenvalue weighted by Crippen LogP contribution is 2.38. The molecular weight excluding hydrogens is 357 g/mol. The molecule has 2 N–H and O–H groups in total. The van der Waals surface area contributed by atoms with E-state index < -0.39 is 0 Å². The summed E-state index contributed by atoms with van der Waals surface area (Å²) in [5.74, 6) is 1.49. The fraction of sp³-hybridized carbons (Fsp3) is 0.600. The SMILES string of the molecule is CCC1CCCC(C(N)c2cc(Cl)ccc2I)C1. The predicted molar refractivity (Wildman–Crippen MR) is 86.8 cm³/mol. The van der Waals surface area contributed by atoms with Gasteiger partial charge in [0.2, 0.25) is 0 Å². The quantitative estimate of drug-likeness (QED) is 0.723. The van der Waals surface area contributed by atoms with Crippen molar-refractivity contribution >= 4 is 34.2 Å². The monoisotopic (exact) mass is 377 g/mol. The molecule has 1 aromatic carbocycles. The van der Waals surface area contributed by atoms with Crippen LogP contribution in [0.4, 0.5) is 0 Å². The van der Waals surface area contributed by atoms with Gasteiger partial charge in [-0.05, 0) is 71.0 Å². The first kappa shape index (κ1) is 14.6. The van der Waals surface area contributed by atoms with Crippen LogP contribution in [0.2, 0.25) is 5.02 Å². The second kappa shape index (κ2) is 6.58. The van der Waals surface area contributed by atoms with Crippen molar-refractivity contribution < 1.29 is 0 Å². The molecule has 0 amide bonds. The van der Waals surface area contributed by atoms with Gasteiger partial charge in [-0.2, -0.15) is 0 Å². The van der Waals surface area contributed by atoms with Crippen LogP contribution in [0.1, 0.15) is 50.6 Å². The standard InChI is InChI=1S/C15H21ClIN/c1-2-10-4-3-5-11(8-10)15(18)13-9-12(16)6-7-14(13)17/h6-7,9-11,15H,2-5,8,18H2,1H3. The van der Waals surface area contributed by atoms with E-state index in [-0.39, 0.29) is 6.04 Å². The van der Waals surface area contributed by atoms with Crippen LogP contribution < -0.4 is 5.73 Å². The lowest BCUT2D eigenvalue weighted by Gasteiger charge is -2.33. The van der Waals surface area contributed by atoms with Gasteiger partial charge >= 0.3 is 0 Å². The smallest absolute Gasteiger partial charge is 0.0410 e. The van der Waals surface area contributed by atoms with Gasteiger partial charge in [0.1, 0.15) is 0 Å². The van der Waals surface area contributed by atoms with Gasteiger partial charge in [0.05, 0.1) is 0 Å². The number of rotatable bonds is 3. The summed E-state index contributed by atoms with van der Waals surface area (Å²) in [5, 5.41) is 0.795. The van der Waals surface area contributed by atoms with Gasteiger partial charge in [-0.25, -0.2) is 0 Å². The summed E-state index contributed by atoms with van der Waals surface area (Å²) in [6.45, 7) is 2.29. The van der Waals surface area contributed by atoms with Crippen LogP contribution in [-0.4, -0.2) is 0 Å². The van der Waals surface area contributed by atoms with Gasteiger partial charge in [-0.1, -0.05) is 37.8 Å². The molecule has 0 spiro atoms. The van der Waals surface area contributed by atoms with Gasteiger partial charge in [0, 0.05) is 14.6 Å². The third kappa shape index (κ3) is 3.40. The Morgan fingerprint density at radius 2 is 2.22 bits per heavy atom. The van der Waals surface area contributed by atoms with Crippen molar-refractivity contribution in [1.82, 2.24) is 0 Å². The summed E-state index contributed by atoms with van der Waals surface area (Å²) in [7, 11) is 0. The van der Waals surface area contributed by atoms with Crippen LogP contribution in [0.25, 0.3) is 0 Å². The Balaban J connectivity index is 2.14. The minimum atomic E-state index is 0.143. The molecule has 3 unspecified atom stereocenters. The fourth-order valence-electron chi connectivity index (χ4n) is 3.05. The van der Waals surface area contributed by atoms with Crippen LogP contribution in [0, 0.1) is 15.4 Å². The molecule has 100 valence electrons. The van der Waals surface area contributed by atoms with Crippen molar-refractivity contribution in [2.45, 2.75) is 45.1 Å². The van der Waals surface area contributed by atoms with Crippen molar-refractivity contribution in [3.8, 4) is 0 Å². The van der Waals surface area contributed by atoms with Crippen molar-refractivity contribution in [3.63, 3.8) is 0 Å². The lowest BCUT2D eigenvalue weighted by atomic mass is 9.75. The third-order valence-corrected chi connectivity index (χ3v) is 5.44. The minimum absolute atomic E-state index is 0.143. The maximum Gasteiger partial charge on any atom is 0.0410 e. The Labute approximate surface area is 129 Å². The van der Waals surface area contributed by atoms with Crippen LogP contribution >= 0.6 is 34.2 Å². The van der Waals surface area contributed by atoms with E-state index in [1.807, 2.05) is 12.1 Å². The van der Waals surface area contributed by atoms with Gasteiger partial charge in [-0.3, -0.25) is 0 Å². The molecule has 0 aromatic heterocycles. The molecule has 0 radical (unpaired) electrons. The van der Waals surface area contributed by atoms with E-state index in [1.54, 1.807) is 0 Å².